The maximum Gasteiger partial charge on any atom is 0.337 e. The van der Waals surface area contributed by atoms with Crippen LogP contribution in [0.2, 0.25) is 0 Å². The number of esters is 1. The summed E-state index contributed by atoms with van der Waals surface area (Å²) >= 11 is 1.13. The zero-order chi connectivity index (χ0) is 25.4. The molecule has 12 heteroatoms. The highest BCUT2D eigenvalue weighted by molar-refractivity contribution is 7.99. The summed E-state index contributed by atoms with van der Waals surface area (Å²) in [5.74, 6) is -0.222. The molecule has 35 heavy (non-hydrogen) atoms. The number of aliphatic hydroxyl groups is 1. The number of nitrogens with zero attached hydrogens (tertiary/aromatic N) is 3. The number of thioether (sulfide) groups is 1. The Labute approximate surface area is 205 Å². The standard InChI is InChI=1S/C23H25N5O6S/c1-28-20(18(12-29)25-21(31)14-7-9-17(33-2)10-8-14)26-27-23(28)35-13-19(30)24-16-6-4-5-15(11-16)22(32)34-3/h4-11,18,29H,12-13H2,1-3H3,(H,24,30)(H,25,31)/t18-/m0/s1. The van der Waals surface area contributed by atoms with Gasteiger partial charge >= 0.3 is 5.97 Å². The van der Waals surface area contributed by atoms with Crippen molar-refractivity contribution in [1.29, 1.82) is 0 Å². The SMILES string of the molecule is COC(=O)c1cccc(NC(=O)CSc2nnc([C@H](CO)NC(=O)c3ccc(OC)cc3)n2C)c1. The number of aromatic nitrogens is 3. The summed E-state index contributed by atoms with van der Waals surface area (Å²) in [5, 5.41) is 23.8. The van der Waals surface area contributed by atoms with Crippen LogP contribution < -0.4 is 15.4 Å². The van der Waals surface area contributed by atoms with Gasteiger partial charge in [-0.1, -0.05) is 17.8 Å². The van der Waals surface area contributed by atoms with Crippen LogP contribution in [-0.2, 0) is 16.6 Å². The van der Waals surface area contributed by atoms with E-state index in [1.165, 1.54) is 20.3 Å². The van der Waals surface area contributed by atoms with E-state index < -0.39 is 24.5 Å². The van der Waals surface area contributed by atoms with E-state index in [0.717, 1.165) is 11.8 Å². The van der Waals surface area contributed by atoms with Crippen molar-refractivity contribution in [2.75, 3.05) is 31.9 Å². The molecular weight excluding hydrogens is 474 g/mol. The number of rotatable bonds is 10. The maximum absolute atomic E-state index is 12.6. The normalized spacial score (nSPS) is 11.4. The molecule has 11 nitrogen and oxygen atoms in total. The Morgan fingerprint density at radius 1 is 1.09 bits per heavy atom. The number of anilines is 1. The Hall–Kier alpha value is -3.90. The maximum atomic E-state index is 12.6. The fourth-order valence-corrected chi connectivity index (χ4v) is 3.82. The first kappa shape index (κ1) is 25.7. The van der Waals surface area contributed by atoms with E-state index in [9.17, 15) is 19.5 Å². The van der Waals surface area contributed by atoms with Gasteiger partial charge in [0, 0.05) is 18.3 Å². The second-order valence-electron chi connectivity index (χ2n) is 7.25. The van der Waals surface area contributed by atoms with E-state index in [0.29, 0.717) is 33.5 Å². The third-order valence-corrected chi connectivity index (χ3v) is 5.94. The van der Waals surface area contributed by atoms with E-state index in [4.69, 9.17) is 4.74 Å². The monoisotopic (exact) mass is 499 g/mol. The number of aliphatic hydroxyl groups excluding tert-OH is 1. The number of ether oxygens (including phenoxy) is 2. The minimum atomic E-state index is -0.800. The summed E-state index contributed by atoms with van der Waals surface area (Å²) in [5.41, 5.74) is 1.18. The van der Waals surface area contributed by atoms with Crippen LogP contribution in [0.15, 0.2) is 53.7 Å². The average Bonchev–Trinajstić information content (AvgIpc) is 3.25. The fraction of sp³-hybridized carbons (Fsp3) is 0.261. The van der Waals surface area contributed by atoms with E-state index in [1.807, 2.05) is 0 Å². The van der Waals surface area contributed by atoms with Gasteiger partial charge in [-0.05, 0) is 42.5 Å². The highest BCUT2D eigenvalue weighted by atomic mass is 32.2. The number of methoxy groups -OCH3 is 2. The van der Waals surface area contributed by atoms with Gasteiger partial charge in [0.05, 0.1) is 32.1 Å². The van der Waals surface area contributed by atoms with Gasteiger partial charge in [0.2, 0.25) is 5.91 Å². The van der Waals surface area contributed by atoms with Crippen LogP contribution in [0.3, 0.4) is 0 Å². The lowest BCUT2D eigenvalue weighted by atomic mass is 10.2. The number of carbonyl (C=O) groups excluding carboxylic acids is 3. The van der Waals surface area contributed by atoms with Crippen molar-refractivity contribution in [2.45, 2.75) is 11.2 Å². The molecule has 1 heterocycles. The van der Waals surface area contributed by atoms with Crippen molar-refractivity contribution in [3.05, 3.63) is 65.5 Å². The van der Waals surface area contributed by atoms with Gasteiger partial charge in [0.1, 0.15) is 11.8 Å². The smallest absolute Gasteiger partial charge is 0.337 e. The van der Waals surface area contributed by atoms with Crippen molar-refractivity contribution >= 4 is 35.2 Å². The molecule has 2 aromatic carbocycles. The number of amides is 2. The zero-order valence-corrected chi connectivity index (χ0v) is 20.2. The van der Waals surface area contributed by atoms with Crippen LogP contribution in [0.1, 0.15) is 32.6 Å². The molecule has 0 bridgehead atoms. The molecule has 2 amide bonds. The van der Waals surface area contributed by atoms with Gasteiger partial charge in [-0.15, -0.1) is 10.2 Å². The molecule has 0 aliphatic carbocycles. The zero-order valence-electron chi connectivity index (χ0n) is 19.3. The molecule has 0 unspecified atom stereocenters. The summed E-state index contributed by atoms with van der Waals surface area (Å²) in [6, 6.07) is 12.2. The summed E-state index contributed by atoms with van der Waals surface area (Å²) < 4.78 is 11.4. The molecule has 0 saturated carbocycles. The van der Waals surface area contributed by atoms with E-state index in [1.54, 1.807) is 54.1 Å². The minimum Gasteiger partial charge on any atom is -0.497 e. The highest BCUT2D eigenvalue weighted by Crippen LogP contribution is 2.21. The summed E-state index contributed by atoms with van der Waals surface area (Å²) in [6.07, 6.45) is 0. The fourth-order valence-electron chi connectivity index (χ4n) is 3.10. The summed E-state index contributed by atoms with van der Waals surface area (Å²) in [4.78, 5) is 36.6. The van der Waals surface area contributed by atoms with Crippen LogP contribution in [0.25, 0.3) is 0 Å². The summed E-state index contributed by atoms with van der Waals surface area (Å²) in [7, 11) is 4.50. The largest absolute Gasteiger partial charge is 0.497 e. The van der Waals surface area contributed by atoms with Gasteiger partial charge in [-0.2, -0.15) is 0 Å². The Balaban J connectivity index is 1.60. The Morgan fingerprint density at radius 3 is 2.49 bits per heavy atom. The lowest BCUT2D eigenvalue weighted by Gasteiger charge is -2.16. The number of carbonyl (C=O) groups is 3. The lowest BCUT2D eigenvalue weighted by Crippen LogP contribution is -2.32. The third kappa shape index (κ3) is 6.58. The molecule has 0 saturated heterocycles. The van der Waals surface area contributed by atoms with Crippen molar-refractivity contribution in [3.63, 3.8) is 0 Å². The molecule has 3 rings (SSSR count). The van der Waals surface area contributed by atoms with E-state index in [2.05, 4.69) is 25.6 Å². The molecular formula is C23H25N5O6S. The van der Waals surface area contributed by atoms with E-state index in [-0.39, 0.29) is 11.7 Å². The molecule has 0 aliphatic heterocycles. The summed E-state index contributed by atoms with van der Waals surface area (Å²) in [6.45, 7) is -0.393. The van der Waals surface area contributed by atoms with E-state index >= 15 is 0 Å². The molecule has 1 atom stereocenters. The number of hydrogen-bond acceptors (Lipinski definition) is 9. The predicted molar refractivity (Wildman–Crippen MR) is 128 cm³/mol. The molecule has 0 spiro atoms. The highest BCUT2D eigenvalue weighted by Gasteiger charge is 2.22. The first-order valence-corrected chi connectivity index (χ1v) is 11.4. The van der Waals surface area contributed by atoms with Gasteiger partial charge < -0.3 is 29.8 Å². The quantitative estimate of drug-likeness (QED) is 0.281. The molecule has 0 aliphatic rings. The molecule has 0 fully saturated rings. The lowest BCUT2D eigenvalue weighted by molar-refractivity contribution is -0.113. The third-order valence-electron chi connectivity index (χ3n) is 4.92. The van der Waals surface area contributed by atoms with Crippen LogP contribution in [0, 0.1) is 0 Å². The molecule has 0 radical (unpaired) electrons. The molecule has 1 aromatic heterocycles. The first-order chi connectivity index (χ1) is 16.9. The Kier molecular flexibility index (Phi) is 8.81. The van der Waals surface area contributed by atoms with Gasteiger partial charge in [-0.3, -0.25) is 9.59 Å². The molecule has 3 aromatic rings. The van der Waals surface area contributed by atoms with Gasteiger partial charge in [0.15, 0.2) is 11.0 Å². The van der Waals surface area contributed by atoms with Crippen molar-refractivity contribution in [2.24, 2.45) is 7.05 Å². The average molecular weight is 500 g/mol. The minimum absolute atomic E-state index is 0.0242. The molecule has 3 N–H and O–H groups in total. The Morgan fingerprint density at radius 2 is 1.83 bits per heavy atom. The van der Waals surface area contributed by atoms with Crippen LogP contribution in [0.4, 0.5) is 5.69 Å². The van der Waals surface area contributed by atoms with Crippen molar-refractivity contribution in [3.8, 4) is 5.75 Å². The molecule has 184 valence electrons. The second kappa shape index (κ2) is 12.0. The van der Waals surface area contributed by atoms with Crippen LogP contribution in [0.5, 0.6) is 5.75 Å². The number of hydrogen-bond donors (Lipinski definition) is 3. The number of nitrogens with one attached hydrogen (secondary N) is 2. The van der Waals surface area contributed by atoms with Gasteiger partial charge in [-0.25, -0.2) is 4.79 Å². The Bertz CT molecular complexity index is 1200. The van der Waals surface area contributed by atoms with Crippen LogP contribution >= 0.6 is 11.8 Å². The van der Waals surface area contributed by atoms with Crippen molar-refractivity contribution in [1.82, 2.24) is 20.1 Å². The number of benzene rings is 2. The first-order valence-electron chi connectivity index (χ1n) is 10.4. The predicted octanol–water partition coefficient (Wildman–Crippen LogP) is 1.80. The van der Waals surface area contributed by atoms with Crippen molar-refractivity contribution < 1.29 is 29.0 Å². The topological polar surface area (TPSA) is 145 Å². The second-order valence-corrected chi connectivity index (χ2v) is 8.19. The van der Waals surface area contributed by atoms with Gasteiger partial charge in [0.25, 0.3) is 5.91 Å². The van der Waals surface area contributed by atoms with Crippen LogP contribution in [-0.4, -0.2) is 64.2 Å².